The highest BCUT2D eigenvalue weighted by molar-refractivity contribution is 5.91. The van der Waals surface area contributed by atoms with E-state index in [4.69, 9.17) is 10.2 Å². The van der Waals surface area contributed by atoms with Crippen molar-refractivity contribution in [1.82, 2.24) is 4.90 Å². The van der Waals surface area contributed by atoms with Crippen molar-refractivity contribution >= 4 is 17.7 Å². The van der Waals surface area contributed by atoms with Gasteiger partial charge in [-0.05, 0) is 36.8 Å². The highest BCUT2D eigenvalue weighted by atomic mass is 16.3. The van der Waals surface area contributed by atoms with Crippen LogP contribution in [0.15, 0.2) is 47.1 Å². The van der Waals surface area contributed by atoms with Crippen LogP contribution in [0.25, 0.3) is 6.08 Å². The number of benzene rings is 1. The van der Waals surface area contributed by atoms with Crippen molar-refractivity contribution in [3.05, 3.63) is 59.6 Å². The van der Waals surface area contributed by atoms with Crippen LogP contribution in [-0.2, 0) is 11.3 Å². The van der Waals surface area contributed by atoms with E-state index in [1.54, 1.807) is 30.4 Å². The third-order valence-electron chi connectivity index (χ3n) is 3.08. The molecule has 1 amide bonds. The smallest absolute Gasteiger partial charge is 0.246 e. The van der Waals surface area contributed by atoms with Gasteiger partial charge in [0.15, 0.2) is 0 Å². The Bertz CT molecular complexity index is 629. The molecule has 0 fully saturated rings. The van der Waals surface area contributed by atoms with Gasteiger partial charge in [-0.25, -0.2) is 0 Å². The molecule has 4 nitrogen and oxygen atoms in total. The van der Waals surface area contributed by atoms with Gasteiger partial charge in [0.1, 0.15) is 5.76 Å². The van der Waals surface area contributed by atoms with Crippen molar-refractivity contribution in [3.63, 3.8) is 0 Å². The predicted octanol–water partition coefficient (Wildman–Crippen LogP) is 2.84. The van der Waals surface area contributed by atoms with E-state index in [2.05, 4.69) is 0 Å². The summed E-state index contributed by atoms with van der Waals surface area (Å²) in [5.74, 6) is 0.775. The zero-order valence-corrected chi connectivity index (χ0v) is 11.7. The first-order valence-corrected chi connectivity index (χ1v) is 6.38. The molecule has 0 bridgehead atoms. The van der Waals surface area contributed by atoms with Crippen molar-refractivity contribution in [1.29, 1.82) is 0 Å². The van der Waals surface area contributed by atoms with Crippen molar-refractivity contribution in [2.45, 2.75) is 13.5 Å². The predicted molar refractivity (Wildman–Crippen MR) is 79.8 cm³/mol. The zero-order chi connectivity index (χ0) is 14.5. The average Bonchev–Trinajstić information content (AvgIpc) is 2.81. The molecule has 0 saturated carbocycles. The number of likely N-dealkylation sites (N-methyl/N-ethyl adjacent to an activating group) is 1. The Hall–Kier alpha value is -2.49. The molecule has 1 aromatic carbocycles. The van der Waals surface area contributed by atoms with Gasteiger partial charge in [0.25, 0.3) is 0 Å². The molecule has 0 aliphatic heterocycles. The van der Waals surface area contributed by atoms with Crippen molar-refractivity contribution in [2.75, 3.05) is 12.8 Å². The minimum atomic E-state index is -0.0620. The maximum atomic E-state index is 12.0. The number of nitrogen functional groups attached to an aromatic ring is 1. The van der Waals surface area contributed by atoms with Gasteiger partial charge in [-0.15, -0.1) is 0 Å². The number of anilines is 1. The van der Waals surface area contributed by atoms with Gasteiger partial charge in [0, 0.05) is 30.9 Å². The van der Waals surface area contributed by atoms with Gasteiger partial charge in [0.05, 0.1) is 6.26 Å². The number of rotatable bonds is 4. The monoisotopic (exact) mass is 270 g/mol. The summed E-state index contributed by atoms with van der Waals surface area (Å²) in [7, 11) is 1.76. The second-order valence-corrected chi connectivity index (χ2v) is 4.70. The van der Waals surface area contributed by atoms with Crippen LogP contribution in [0.5, 0.6) is 0 Å². The van der Waals surface area contributed by atoms with Crippen molar-refractivity contribution < 1.29 is 9.21 Å². The van der Waals surface area contributed by atoms with Crippen LogP contribution >= 0.6 is 0 Å². The molecular weight excluding hydrogens is 252 g/mol. The summed E-state index contributed by atoms with van der Waals surface area (Å²) < 4.78 is 5.22. The quantitative estimate of drug-likeness (QED) is 0.686. The molecule has 2 aromatic rings. The normalized spacial score (nSPS) is 10.9. The molecule has 0 atom stereocenters. The number of aryl methyl sites for hydroxylation is 1. The zero-order valence-electron chi connectivity index (χ0n) is 11.7. The molecule has 0 saturated heterocycles. The number of hydrogen-bond acceptors (Lipinski definition) is 3. The van der Waals surface area contributed by atoms with E-state index in [0.29, 0.717) is 12.2 Å². The molecule has 0 spiro atoms. The largest absolute Gasteiger partial charge is 0.469 e. The molecule has 0 unspecified atom stereocenters. The number of carbonyl (C=O) groups excluding carboxylic acids is 1. The summed E-state index contributed by atoms with van der Waals surface area (Å²) in [5.41, 5.74) is 8.30. The molecule has 2 rings (SSSR count). The molecule has 0 aliphatic carbocycles. The molecule has 0 radical (unpaired) electrons. The lowest BCUT2D eigenvalue weighted by Crippen LogP contribution is -2.24. The van der Waals surface area contributed by atoms with E-state index in [1.165, 1.54) is 0 Å². The first-order chi connectivity index (χ1) is 9.56. The number of furan rings is 1. The lowest BCUT2D eigenvalue weighted by Gasteiger charge is -2.14. The van der Waals surface area contributed by atoms with Gasteiger partial charge in [-0.1, -0.05) is 12.1 Å². The SMILES string of the molecule is Cc1occc1CN(C)C(=O)/C=C/c1cccc(N)c1. The van der Waals surface area contributed by atoms with Gasteiger partial charge < -0.3 is 15.1 Å². The van der Waals surface area contributed by atoms with Crippen LogP contribution in [-0.4, -0.2) is 17.9 Å². The third-order valence-corrected chi connectivity index (χ3v) is 3.08. The maximum absolute atomic E-state index is 12.0. The Balaban J connectivity index is 1.99. The Morgan fingerprint density at radius 2 is 2.20 bits per heavy atom. The molecule has 1 aromatic heterocycles. The van der Waals surface area contributed by atoms with Crippen LogP contribution in [0.3, 0.4) is 0 Å². The molecule has 1 heterocycles. The van der Waals surface area contributed by atoms with Crippen molar-refractivity contribution in [2.24, 2.45) is 0 Å². The Morgan fingerprint density at radius 1 is 1.40 bits per heavy atom. The summed E-state index contributed by atoms with van der Waals surface area (Å²) in [5, 5.41) is 0. The maximum Gasteiger partial charge on any atom is 0.246 e. The van der Waals surface area contributed by atoms with E-state index in [-0.39, 0.29) is 5.91 Å². The van der Waals surface area contributed by atoms with Gasteiger partial charge >= 0.3 is 0 Å². The topological polar surface area (TPSA) is 59.5 Å². The molecule has 2 N–H and O–H groups in total. The van der Waals surface area contributed by atoms with Crippen LogP contribution in [0.2, 0.25) is 0 Å². The minimum absolute atomic E-state index is 0.0620. The molecule has 104 valence electrons. The van der Waals surface area contributed by atoms with E-state index in [9.17, 15) is 4.79 Å². The van der Waals surface area contributed by atoms with Crippen LogP contribution in [0, 0.1) is 6.92 Å². The first-order valence-electron chi connectivity index (χ1n) is 6.38. The molecule has 20 heavy (non-hydrogen) atoms. The lowest BCUT2D eigenvalue weighted by atomic mass is 10.2. The third kappa shape index (κ3) is 3.51. The molecular formula is C16H18N2O2. The van der Waals surface area contributed by atoms with Gasteiger partial charge in [-0.3, -0.25) is 4.79 Å². The summed E-state index contributed by atoms with van der Waals surface area (Å²) in [6.45, 7) is 2.42. The summed E-state index contributed by atoms with van der Waals surface area (Å²) >= 11 is 0. The number of amides is 1. The minimum Gasteiger partial charge on any atom is -0.469 e. The fraction of sp³-hybridized carbons (Fsp3) is 0.188. The number of nitrogens with two attached hydrogens (primary N) is 1. The van der Waals surface area contributed by atoms with Gasteiger partial charge in [0.2, 0.25) is 5.91 Å². The Labute approximate surface area is 118 Å². The van der Waals surface area contributed by atoms with Crippen LogP contribution in [0.4, 0.5) is 5.69 Å². The highest BCUT2D eigenvalue weighted by Gasteiger charge is 2.09. The first kappa shape index (κ1) is 13.9. The summed E-state index contributed by atoms with van der Waals surface area (Å²) in [4.78, 5) is 13.7. The van der Waals surface area contributed by atoms with Crippen molar-refractivity contribution in [3.8, 4) is 0 Å². The summed E-state index contributed by atoms with van der Waals surface area (Å²) in [6.07, 6.45) is 4.94. The highest BCUT2D eigenvalue weighted by Crippen LogP contribution is 2.12. The van der Waals surface area contributed by atoms with E-state index >= 15 is 0 Å². The average molecular weight is 270 g/mol. The van der Waals surface area contributed by atoms with Gasteiger partial charge in [-0.2, -0.15) is 0 Å². The Morgan fingerprint density at radius 3 is 2.85 bits per heavy atom. The molecule has 0 aliphatic rings. The van der Waals surface area contributed by atoms with E-state index < -0.39 is 0 Å². The lowest BCUT2D eigenvalue weighted by molar-refractivity contribution is -0.125. The number of carbonyl (C=O) groups is 1. The fourth-order valence-electron chi connectivity index (χ4n) is 1.87. The van der Waals surface area contributed by atoms with Crippen LogP contribution < -0.4 is 5.73 Å². The summed E-state index contributed by atoms with van der Waals surface area (Å²) in [6, 6.07) is 9.27. The van der Waals surface area contributed by atoms with E-state index in [0.717, 1.165) is 16.9 Å². The second-order valence-electron chi connectivity index (χ2n) is 4.70. The number of nitrogens with zero attached hydrogens (tertiary/aromatic N) is 1. The van der Waals surface area contributed by atoms with Crippen LogP contribution in [0.1, 0.15) is 16.9 Å². The van der Waals surface area contributed by atoms with E-state index in [1.807, 2.05) is 37.3 Å². The second kappa shape index (κ2) is 6.10. The Kier molecular flexibility index (Phi) is 4.25. The standard InChI is InChI=1S/C16H18N2O2/c1-12-14(8-9-20-12)11-18(2)16(19)7-6-13-4-3-5-15(17)10-13/h3-10H,11,17H2,1-2H3/b7-6+. The fourth-order valence-corrected chi connectivity index (χ4v) is 1.87. The number of hydrogen-bond donors (Lipinski definition) is 1. The molecule has 4 heteroatoms.